The number of ether oxygens (including phenoxy) is 1. The van der Waals surface area contributed by atoms with E-state index < -0.39 is 24.3 Å². The Labute approximate surface area is 118 Å². The van der Waals surface area contributed by atoms with Gasteiger partial charge in [0.15, 0.2) is 5.78 Å². The standard InChI is InChI=1S/C14H22O6/c1-3-5-11(12(15)4-2)9-20-7-6-10(14(18)19)8-13(16)17/h4,10-11H,2-3,5-9H2,1H3,(H,16,17)(H,18,19). The van der Waals surface area contributed by atoms with Crippen LogP contribution >= 0.6 is 0 Å². The summed E-state index contributed by atoms with van der Waals surface area (Å²) >= 11 is 0. The molecule has 0 radical (unpaired) electrons. The van der Waals surface area contributed by atoms with Crippen LogP contribution < -0.4 is 0 Å². The average molecular weight is 286 g/mol. The molecule has 2 unspecified atom stereocenters. The van der Waals surface area contributed by atoms with Crippen LogP contribution in [-0.4, -0.2) is 41.1 Å². The molecule has 2 N–H and O–H groups in total. The number of hydrogen-bond acceptors (Lipinski definition) is 4. The maximum absolute atomic E-state index is 11.5. The van der Waals surface area contributed by atoms with Gasteiger partial charge in [-0.3, -0.25) is 14.4 Å². The van der Waals surface area contributed by atoms with Gasteiger partial charge in [-0.1, -0.05) is 19.9 Å². The third kappa shape index (κ3) is 7.68. The van der Waals surface area contributed by atoms with Crippen molar-refractivity contribution in [2.75, 3.05) is 13.2 Å². The molecule has 0 fully saturated rings. The zero-order valence-electron chi connectivity index (χ0n) is 11.7. The smallest absolute Gasteiger partial charge is 0.307 e. The van der Waals surface area contributed by atoms with E-state index >= 15 is 0 Å². The van der Waals surface area contributed by atoms with E-state index in [0.717, 1.165) is 6.42 Å². The van der Waals surface area contributed by atoms with Gasteiger partial charge in [0.1, 0.15) is 0 Å². The minimum Gasteiger partial charge on any atom is -0.481 e. The average Bonchev–Trinajstić information content (AvgIpc) is 2.39. The van der Waals surface area contributed by atoms with Gasteiger partial charge in [-0.15, -0.1) is 0 Å². The molecule has 0 amide bonds. The van der Waals surface area contributed by atoms with Gasteiger partial charge < -0.3 is 14.9 Å². The molecule has 0 aliphatic heterocycles. The van der Waals surface area contributed by atoms with E-state index in [-0.39, 0.29) is 31.3 Å². The highest BCUT2D eigenvalue weighted by atomic mass is 16.5. The number of aliphatic carboxylic acids is 2. The predicted octanol–water partition coefficient (Wildman–Crippen LogP) is 1.74. The summed E-state index contributed by atoms with van der Waals surface area (Å²) in [7, 11) is 0. The molecule has 0 aromatic carbocycles. The van der Waals surface area contributed by atoms with E-state index in [2.05, 4.69) is 6.58 Å². The van der Waals surface area contributed by atoms with Crippen molar-refractivity contribution in [1.29, 1.82) is 0 Å². The fraction of sp³-hybridized carbons (Fsp3) is 0.643. The quantitative estimate of drug-likeness (QED) is 0.418. The van der Waals surface area contributed by atoms with Gasteiger partial charge in [-0.2, -0.15) is 0 Å². The lowest BCUT2D eigenvalue weighted by atomic mass is 9.99. The molecule has 0 rings (SSSR count). The molecule has 0 aliphatic carbocycles. The van der Waals surface area contributed by atoms with Gasteiger partial charge in [0.25, 0.3) is 0 Å². The first-order valence-electron chi connectivity index (χ1n) is 6.60. The van der Waals surface area contributed by atoms with Gasteiger partial charge in [0, 0.05) is 12.5 Å². The minimum absolute atomic E-state index is 0.0906. The number of allylic oxidation sites excluding steroid dienone is 1. The normalized spacial score (nSPS) is 13.4. The first-order valence-corrected chi connectivity index (χ1v) is 6.60. The minimum atomic E-state index is -1.15. The van der Waals surface area contributed by atoms with Crippen LogP contribution in [0.3, 0.4) is 0 Å². The molecular weight excluding hydrogens is 264 g/mol. The lowest BCUT2D eigenvalue weighted by Gasteiger charge is -2.14. The summed E-state index contributed by atoms with van der Waals surface area (Å²) in [5.74, 6) is -3.62. The number of carboxylic acid groups (broad SMARTS) is 2. The highest BCUT2D eigenvalue weighted by Crippen LogP contribution is 2.12. The van der Waals surface area contributed by atoms with Crippen LogP contribution in [0.15, 0.2) is 12.7 Å². The van der Waals surface area contributed by atoms with Crippen molar-refractivity contribution in [3.63, 3.8) is 0 Å². The molecule has 0 aromatic rings. The first-order chi connectivity index (χ1) is 9.42. The second-order valence-corrected chi connectivity index (χ2v) is 4.59. The van der Waals surface area contributed by atoms with Gasteiger partial charge >= 0.3 is 11.9 Å². The monoisotopic (exact) mass is 286 g/mol. The first kappa shape index (κ1) is 18.3. The molecule has 20 heavy (non-hydrogen) atoms. The molecule has 2 atom stereocenters. The van der Waals surface area contributed by atoms with E-state index in [0.29, 0.717) is 6.42 Å². The Morgan fingerprint density at radius 3 is 2.30 bits per heavy atom. The predicted molar refractivity (Wildman–Crippen MR) is 72.4 cm³/mol. The zero-order valence-corrected chi connectivity index (χ0v) is 11.7. The summed E-state index contributed by atoms with van der Waals surface area (Å²) in [6, 6.07) is 0. The van der Waals surface area contributed by atoms with Crippen LogP contribution in [0.25, 0.3) is 0 Å². The fourth-order valence-electron chi connectivity index (χ4n) is 1.80. The molecule has 0 saturated heterocycles. The van der Waals surface area contributed by atoms with Crippen molar-refractivity contribution in [2.45, 2.75) is 32.6 Å². The third-order valence-electron chi connectivity index (χ3n) is 2.94. The van der Waals surface area contributed by atoms with Crippen LogP contribution in [0.4, 0.5) is 0 Å². The summed E-state index contributed by atoms with van der Waals surface area (Å²) in [4.78, 5) is 32.9. The number of ketones is 1. The Kier molecular flexibility index (Phi) is 9.28. The molecule has 114 valence electrons. The Morgan fingerprint density at radius 2 is 1.85 bits per heavy atom. The van der Waals surface area contributed by atoms with Crippen molar-refractivity contribution in [1.82, 2.24) is 0 Å². The van der Waals surface area contributed by atoms with E-state index in [1.807, 2.05) is 6.92 Å². The Morgan fingerprint density at radius 1 is 1.20 bits per heavy atom. The van der Waals surface area contributed by atoms with E-state index in [1.165, 1.54) is 6.08 Å². The second-order valence-electron chi connectivity index (χ2n) is 4.59. The molecule has 0 aliphatic rings. The fourth-order valence-corrected chi connectivity index (χ4v) is 1.80. The van der Waals surface area contributed by atoms with Gasteiger partial charge in [0.2, 0.25) is 0 Å². The number of hydrogen-bond donors (Lipinski definition) is 2. The Bertz CT molecular complexity index is 346. The van der Waals surface area contributed by atoms with Gasteiger partial charge in [-0.05, 0) is 18.9 Å². The largest absolute Gasteiger partial charge is 0.481 e. The highest BCUT2D eigenvalue weighted by Gasteiger charge is 2.21. The van der Waals surface area contributed by atoms with Gasteiger partial charge in [-0.25, -0.2) is 0 Å². The molecule has 0 heterocycles. The van der Waals surface area contributed by atoms with Crippen LogP contribution in [0.1, 0.15) is 32.6 Å². The van der Waals surface area contributed by atoms with Crippen LogP contribution in [0, 0.1) is 11.8 Å². The summed E-state index contributed by atoms with van der Waals surface area (Å²) in [6.45, 7) is 5.71. The van der Waals surface area contributed by atoms with Crippen LogP contribution in [-0.2, 0) is 19.1 Å². The van der Waals surface area contributed by atoms with E-state index in [9.17, 15) is 14.4 Å². The molecule has 6 nitrogen and oxygen atoms in total. The summed E-state index contributed by atoms with van der Waals surface area (Å²) < 4.78 is 5.31. The molecule has 6 heteroatoms. The number of carbonyl (C=O) groups excluding carboxylic acids is 1. The van der Waals surface area contributed by atoms with E-state index in [4.69, 9.17) is 14.9 Å². The summed E-state index contributed by atoms with van der Waals surface area (Å²) in [5.41, 5.74) is 0. The lowest BCUT2D eigenvalue weighted by molar-refractivity contribution is -0.149. The van der Waals surface area contributed by atoms with Crippen molar-refractivity contribution < 1.29 is 29.3 Å². The van der Waals surface area contributed by atoms with Crippen molar-refractivity contribution >= 4 is 17.7 Å². The lowest BCUT2D eigenvalue weighted by Crippen LogP contribution is -2.22. The highest BCUT2D eigenvalue weighted by molar-refractivity contribution is 5.91. The maximum atomic E-state index is 11.5. The number of carbonyl (C=O) groups is 3. The number of rotatable bonds is 12. The molecule has 0 spiro atoms. The topological polar surface area (TPSA) is 101 Å². The molecule has 0 aromatic heterocycles. The molecular formula is C14H22O6. The van der Waals surface area contributed by atoms with E-state index in [1.54, 1.807) is 0 Å². The van der Waals surface area contributed by atoms with Gasteiger partial charge in [0.05, 0.1) is 18.9 Å². The SMILES string of the molecule is C=CC(=O)C(CCC)COCCC(CC(=O)O)C(=O)O. The third-order valence-corrected chi connectivity index (χ3v) is 2.94. The summed E-state index contributed by atoms with van der Waals surface area (Å²) in [5, 5.41) is 17.4. The van der Waals surface area contributed by atoms with Crippen molar-refractivity contribution in [2.24, 2.45) is 11.8 Å². The second kappa shape index (κ2) is 10.1. The van der Waals surface area contributed by atoms with Crippen LogP contribution in [0.2, 0.25) is 0 Å². The number of carboxylic acids is 2. The molecule has 0 saturated carbocycles. The Hall–Kier alpha value is -1.69. The Balaban J connectivity index is 4.13. The summed E-state index contributed by atoms with van der Waals surface area (Å²) in [6.07, 6.45) is 2.46. The van der Waals surface area contributed by atoms with Crippen LogP contribution in [0.5, 0.6) is 0 Å². The maximum Gasteiger partial charge on any atom is 0.307 e. The van der Waals surface area contributed by atoms with Crippen molar-refractivity contribution in [3.05, 3.63) is 12.7 Å². The van der Waals surface area contributed by atoms with Crippen molar-refractivity contribution in [3.8, 4) is 0 Å². The zero-order chi connectivity index (χ0) is 15.5. The molecule has 0 bridgehead atoms.